The minimum absolute atomic E-state index is 0.288. The molecule has 1 aromatic heterocycles. The minimum atomic E-state index is -0.288. The summed E-state index contributed by atoms with van der Waals surface area (Å²) in [4.78, 5) is 3.45. The molecule has 0 radical (unpaired) electrons. The van der Waals surface area contributed by atoms with Gasteiger partial charge in [-0.05, 0) is 61.3 Å². The number of H-pyrrole nitrogens is 1. The van der Waals surface area contributed by atoms with Crippen LogP contribution >= 0.6 is 0 Å². The topological polar surface area (TPSA) is 36.0 Å². The van der Waals surface area contributed by atoms with E-state index < -0.39 is 0 Å². The molecule has 0 aliphatic heterocycles. The van der Waals surface area contributed by atoms with E-state index in [9.17, 15) is 5.11 Å². The van der Waals surface area contributed by atoms with Crippen molar-refractivity contribution in [3.63, 3.8) is 0 Å². The Hall–Kier alpha value is -1.28. The molecule has 20 heavy (non-hydrogen) atoms. The Labute approximate surface area is 120 Å². The molecule has 1 fully saturated rings. The van der Waals surface area contributed by atoms with Gasteiger partial charge < -0.3 is 10.1 Å². The third-order valence-corrected chi connectivity index (χ3v) is 5.28. The second-order valence-electron chi connectivity index (χ2n) is 6.57. The Balaban J connectivity index is 1.78. The number of aromatic amines is 1. The van der Waals surface area contributed by atoms with E-state index in [2.05, 4.69) is 23.2 Å². The largest absolute Gasteiger partial charge is 0.387 e. The first-order chi connectivity index (χ1) is 9.83. The lowest BCUT2D eigenvalue weighted by Crippen LogP contribution is -2.08. The molecule has 2 aliphatic carbocycles. The summed E-state index contributed by atoms with van der Waals surface area (Å²) >= 11 is 0. The summed E-state index contributed by atoms with van der Waals surface area (Å²) in [6, 6.07) is 6.93. The van der Waals surface area contributed by atoms with Crippen LogP contribution in [-0.4, -0.2) is 10.1 Å². The number of hydrogen-bond acceptors (Lipinski definition) is 1. The minimum Gasteiger partial charge on any atom is -0.387 e. The van der Waals surface area contributed by atoms with Gasteiger partial charge in [0, 0.05) is 16.6 Å². The lowest BCUT2D eigenvalue weighted by molar-refractivity contribution is 0.153. The Bertz CT molecular complexity index is 622. The Morgan fingerprint density at radius 2 is 1.85 bits per heavy atom. The van der Waals surface area contributed by atoms with Crippen LogP contribution in [0, 0.1) is 0 Å². The SMILES string of the molecule is OC1CCCc2c1[nH]c1ccc(C3CCCCC3)cc21. The van der Waals surface area contributed by atoms with Gasteiger partial charge in [0.2, 0.25) is 0 Å². The van der Waals surface area contributed by atoms with Gasteiger partial charge in [0.25, 0.3) is 0 Å². The molecule has 0 bridgehead atoms. The molecular weight excluding hydrogens is 246 g/mol. The number of aliphatic hydroxyl groups is 1. The normalized spacial score (nSPS) is 23.9. The van der Waals surface area contributed by atoms with E-state index >= 15 is 0 Å². The molecule has 2 aromatic rings. The van der Waals surface area contributed by atoms with Crippen molar-refractivity contribution in [2.45, 2.75) is 63.4 Å². The molecule has 2 aliphatic rings. The van der Waals surface area contributed by atoms with Gasteiger partial charge in [-0.1, -0.05) is 25.3 Å². The average molecular weight is 269 g/mol. The highest BCUT2D eigenvalue weighted by molar-refractivity contribution is 5.86. The van der Waals surface area contributed by atoms with Gasteiger partial charge in [-0.15, -0.1) is 0 Å². The number of hydrogen-bond donors (Lipinski definition) is 2. The molecule has 1 aromatic carbocycles. The molecule has 0 spiro atoms. The first-order valence-electron chi connectivity index (χ1n) is 8.15. The molecular formula is C18H23NO. The van der Waals surface area contributed by atoms with Gasteiger partial charge in [0.1, 0.15) is 0 Å². The van der Waals surface area contributed by atoms with Crippen LogP contribution in [0.3, 0.4) is 0 Å². The van der Waals surface area contributed by atoms with Crippen LogP contribution < -0.4 is 0 Å². The summed E-state index contributed by atoms with van der Waals surface area (Å²) in [5.41, 5.74) is 5.16. The molecule has 106 valence electrons. The van der Waals surface area contributed by atoms with Crippen molar-refractivity contribution in [1.29, 1.82) is 0 Å². The molecule has 2 nitrogen and oxygen atoms in total. The molecule has 1 atom stereocenters. The predicted molar refractivity (Wildman–Crippen MR) is 82.0 cm³/mol. The van der Waals surface area contributed by atoms with E-state index in [-0.39, 0.29) is 6.10 Å². The fourth-order valence-electron chi connectivity index (χ4n) is 4.15. The molecule has 4 rings (SSSR count). The molecule has 0 saturated heterocycles. The zero-order valence-corrected chi connectivity index (χ0v) is 12.0. The zero-order chi connectivity index (χ0) is 13.5. The fraction of sp³-hybridized carbons (Fsp3) is 0.556. The quantitative estimate of drug-likeness (QED) is 0.780. The highest BCUT2D eigenvalue weighted by Gasteiger charge is 2.23. The van der Waals surface area contributed by atoms with E-state index in [1.807, 2.05) is 0 Å². The Kier molecular flexibility index (Phi) is 3.07. The van der Waals surface area contributed by atoms with E-state index in [1.54, 1.807) is 0 Å². The Morgan fingerprint density at radius 3 is 2.70 bits per heavy atom. The van der Waals surface area contributed by atoms with Gasteiger partial charge in [-0.2, -0.15) is 0 Å². The van der Waals surface area contributed by atoms with Gasteiger partial charge >= 0.3 is 0 Å². The van der Waals surface area contributed by atoms with Gasteiger partial charge in [0.15, 0.2) is 0 Å². The maximum Gasteiger partial charge on any atom is 0.0941 e. The number of aromatic nitrogens is 1. The van der Waals surface area contributed by atoms with E-state index in [4.69, 9.17) is 0 Å². The molecule has 1 heterocycles. The van der Waals surface area contributed by atoms with Crippen LogP contribution in [0.2, 0.25) is 0 Å². The van der Waals surface area contributed by atoms with Crippen molar-refractivity contribution in [2.75, 3.05) is 0 Å². The second-order valence-corrected chi connectivity index (χ2v) is 6.57. The van der Waals surface area contributed by atoms with Crippen molar-refractivity contribution in [1.82, 2.24) is 4.98 Å². The second kappa shape index (κ2) is 4.92. The average Bonchev–Trinajstić information content (AvgIpc) is 2.88. The van der Waals surface area contributed by atoms with Crippen molar-refractivity contribution in [2.24, 2.45) is 0 Å². The van der Waals surface area contributed by atoms with Crippen LogP contribution in [0.15, 0.2) is 18.2 Å². The van der Waals surface area contributed by atoms with Crippen LogP contribution in [0.25, 0.3) is 10.9 Å². The maximum absolute atomic E-state index is 10.1. The number of rotatable bonds is 1. The van der Waals surface area contributed by atoms with Crippen molar-refractivity contribution in [3.05, 3.63) is 35.0 Å². The lowest BCUT2D eigenvalue weighted by Gasteiger charge is -2.22. The first-order valence-corrected chi connectivity index (χ1v) is 8.15. The number of benzene rings is 1. The Morgan fingerprint density at radius 1 is 1.00 bits per heavy atom. The van der Waals surface area contributed by atoms with E-state index in [0.29, 0.717) is 0 Å². The number of aliphatic hydroxyl groups excluding tert-OH is 1. The zero-order valence-electron chi connectivity index (χ0n) is 12.0. The van der Waals surface area contributed by atoms with Crippen molar-refractivity contribution < 1.29 is 5.11 Å². The summed E-state index contributed by atoms with van der Waals surface area (Å²) in [5.74, 6) is 0.757. The summed E-state index contributed by atoms with van der Waals surface area (Å²) in [6.07, 6.45) is 9.69. The molecule has 1 saturated carbocycles. The van der Waals surface area contributed by atoms with Gasteiger partial charge in [-0.25, -0.2) is 0 Å². The summed E-state index contributed by atoms with van der Waals surface area (Å²) < 4.78 is 0. The number of aryl methyl sites for hydroxylation is 1. The van der Waals surface area contributed by atoms with E-state index in [1.165, 1.54) is 54.1 Å². The van der Waals surface area contributed by atoms with Gasteiger partial charge in [0.05, 0.1) is 6.10 Å². The summed E-state index contributed by atoms with van der Waals surface area (Å²) in [6.45, 7) is 0. The fourth-order valence-corrected chi connectivity index (χ4v) is 4.15. The van der Waals surface area contributed by atoms with Crippen LogP contribution in [0.5, 0.6) is 0 Å². The smallest absolute Gasteiger partial charge is 0.0941 e. The lowest BCUT2D eigenvalue weighted by atomic mass is 9.83. The van der Waals surface area contributed by atoms with Crippen LogP contribution in [-0.2, 0) is 6.42 Å². The van der Waals surface area contributed by atoms with Crippen LogP contribution in [0.4, 0.5) is 0 Å². The summed E-state index contributed by atoms with van der Waals surface area (Å²) in [7, 11) is 0. The van der Waals surface area contributed by atoms with Crippen molar-refractivity contribution >= 4 is 10.9 Å². The highest BCUT2D eigenvalue weighted by Crippen LogP contribution is 2.38. The third kappa shape index (κ3) is 1.98. The van der Waals surface area contributed by atoms with E-state index in [0.717, 1.165) is 30.9 Å². The highest BCUT2D eigenvalue weighted by atomic mass is 16.3. The number of fused-ring (bicyclic) bond motifs is 3. The number of nitrogens with one attached hydrogen (secondary N) is 1. The molecule has 2 heteroatoms. The first kappa shape index (κ1) is 12.5. The van der Waals surface area contributed by atoms with Gasteiger partial charge in [-0.3, -0.25) is 0 Å². The third-order valence-electron chi connectivity index (χ3n) is 5.28. The molecule has 2 N–H and O–H groups in total. The maximum atomic E-state index is 10.1. The molecule has 0 amide bonds. The van der Waals surface area contributed by atoms with Crippen LogP contribution in [0.1, 0.15) is 73.8 Å². The van der Waals surface area contributed by atoms with Crippen molar-refractivity contribution in [3.8, 4) is 0 Å². The predicted octanol–water partition coefficient (Wildman–Crippen LogP) is 4.59. The molecule has 1 unspecified atom stereocenters. The summed E-state index contributed by atoms with van der Waals surface area (Å²) in [5, 5.41) is 11.5. The monoisotopic (exact) mass is 269 g/mol. The standard InChI is InChI=1S/C18H23NO/c20-17-8-4-7-14-15-11-13(12-5-2-1-3-6-12)9-10-16(15)19-18(14)17/h9-12,17,19-20H,1-8H2.